The van der Waals surface area contributed by atoms with Gasteiger partial charge in [0.25, 0.3) is 0 Å². The number of carbonyl (C=O) groups is 1. The second-order valence-corrected chi connectivity index (χ2v) is 11.5. The smallest absolute Gasteiger partial charge is 0.247 e. The lowest BCUT2D eigenvalue weighted by atomic mass is 10.1. The second-order valence-electron chi connectivity index (χ2n) is 10.6. The molecule has 9 nitrogen and oxygen atoms in total. The highest BCUT2D eigenvalue weighted by Crippen LogP contribution is 2.38. The van der Waals surface area contributed by atoms with Crippen molar-refractivity contribution < 1.29 is 9.53 Å². The van der Waals surface area contributed by atoms with E-state index in [1.165, 1.54) is 11.6 Å². The van der Waals surface area contributed by atoms with Crippen molar-refractivity contribution in [3.05, 3.63) is 102 Å². The number of hydrogen-bond donors (Lipinski definition) is 2. The number of fused-ring (bicyclic) bond motifs is 1. The quantitative estimate of drug-likeness (QED) is 0.143. The van der Waals surface area contributed by atoms with Crippen molar-refractivity contribution in [2.45, 2.75) is 6.54 Å². The van der Waals surface area contributed by atoms with Crippen LogP contribution in [0.3, 0.4) is 0 Å². The lowest BCUT2D eigenvalue weighted by Crippen LogP contribution is -2.31. The summed E-state index contributed by atoms with van der Waals surface area (Å²) in [6, 6.07) is 22.2. The summed E-state index contributed by atoms with van der Waals surface area (Å²) < 4.78 is 8.94. The zero-order chi connectivity index (χ0) is 31.2. The summed E-state index contributed by atoms with van der Waals surface area (Å²) in [6.45, 7) is 5.97. The minimum absolute atomic E-state index is 0.308. The lowest BCUT2D eigenvalue weighted by molar-refractivity contribution is -0.111. The average Bonchev–Trinajstić information content (AvgIpc) is 3.37. The molecule has 0 spiro atoms. The Bertz CT molecular complexity index is 1790. The highest BCUT2D eigenvalue weighted by atomic mass is 79.9. The largest absolute Gasteiger partial charge is 0.494 e. The van der Waals surface area contributed by atoms with Crippen molar-refractivity contribution in [2.24, 2.45) is 7.05 Å². The van der Waals surface area contributed by atoms with Gasteiger partial charge >= 0.3 is 0 Å². The summed E-state index contributed by atoms with van der Waals surface area (Å²) in [7, 11) is 7.73. The van der Waals surface area contributed by atoms with Gasteiger partial charge in [0.05, 0.1) is 29.9 Å². The Kier molecular flexibility index (Phi) is 9.62. The summed E-state index contributed by atoms with van der Waals surface area (Å²) >= 11 is 3.49. The van der Waals surface area contributed by atoms with Crippen LogP contribution in [0.25, 0.3) is 22.2 Å². The third-order valence-corrected chi connectivity index (χ3v) is 7.96. The average molecular weight is 655 g/mol. The van der Waals surface area contributed by atoms with E-state index in [-0.39, 0.29) is 5.91 Å². The molecule has 226 valence electrons. The molecule has 0 saturated carbocycles. The number of rotatable bonds is 12. The van der Waals surface area contributed by atoms with Gasteiger partial charge in [0.1, 0.15) is 5.75 Å². The van der Waals surface area contributed by atoms with E-state index in [1.807, 2.05) is 44.4 Å². The van der Waals surface area contributed by atoms with Gasteiger partial charge in [-0.05, 0) is 49.0 Å². The number of nitrogens with zero attached hydrogens (tertiary/aromatic N) is 5. The molecule has 44 heavy (non-hydrogen) atoms. The summed E-state index contributed by atoms with van der Waals surface area (Å²) in [4.78, 5) is 26.1. The van der Waals surface area contributed by atoms with Crippen molar-refractivity contribution in [3.8, 4) is 17.0 Å². The number of anilines is 4. The number of likely N-dealkylation sites (N-methyl/N-ethyl adjacent to an activating group) is 2. The molecule has 0 aliphatic rings. The van der Waals surface area contributed by atoms with Crippen LogP contribution in [-0.2, 0) is 18.4 Å². The van der Waals surface area contributed by atoms with Crippen LogP contribution in [0.1, 0.15) is 5.56 Å². The fraction of sp³-hybridized carbons (Fsp3) is 0.206. The van der Waals surface area contributed by atoms with Gasteiger partial charge in [-0.3, -0.25) is 4.79 Å². The van der Waals surface area contributed by atoms with Gasteiger partial charge in [-0.1, -0.05) is 52.8 Å². The maximum Gasteiger partial charge on any atom is 0.247 e. The predicted octanol–water partition coefficient (Wildman–Crippen LogP) is 6.84. The number of para-hydroxylation sites is 1. The minimum atomic E-state index is -0.308. The van der Waals surface area contributed by atoms with Gasteiger partial charge in [-0.25, -0.2) is 9.97 Å². The second kappa shape index (κ2) is 13.7. The van der Waals surface area contributed by atoms with Crippen molar-refractivity contribution in [1.82, 2.24) is 19.4 Å². The first-order chi connectivity index (χ1) is 21.2. The minimum Gasteiger partial charge on any atom is -0.494 e. The van der Waals surface area contributed by atoms with Crippen LogP contribution in [0, 0.1) is 0 Å². The summed E-state index contributed by atoms with van der Waals surface area (Å²) in [5.41, 5.74) is 6.21. The monoisotopic (exact) mass is 653 g/mol. The number of amides is 1. The first-order valence-corrected chi connectivity index (χ1v) is 15.0. The van der Waals surface area contributed by atoms with Gasteiger partial charge in [0, 0.05) is 73.1 Å². The fourth-order valence-electron chi connectivity index (χ4n) is 5.09. The number of benzene rings is 3. The molecule has 2 heterocycles. The molecule has 0 unspecified atom stereocenters. The highest BCUT2D eigenvalue weighted by Gasteiger charge is 2.17. The molecular formula is C34H36BrN7O2. The number of hydrogen-bond acceptors (Lipinski definition) is 7. The number of halogens is 1. The molecule has 5 aromatic rings. The van der Waals surface area contributed by atoms with E-state index in [4.69, 9.17) is 9.72 Å². The number of nitrogens with one attached hydrogen (secondary N) is 2. The lowest BCUT2D eigenvalue weighted by Gasteiger charge is -2.27. The molecule has 2 N–H and O–H groups in total. The number of aromatic nitrogens is 3. The zero-order valence-corrected chi connectivity index (χ0v) is 26.9. The van der Waals surface area contributed by atoms with E-state index < -0.39 is 0 Å². The van der Waals surface area contributed by atoms with Crippen LogP contribution in [0.2, 0.25) is 0 Å². The van der Waals surface area contributed by atoms with Crippen molar-refractivity contribution in [2.75, 3.05) is 49.8 Å². The Morgan fingerprint density at radius 2 is 1.84 bits per heavy atom. The number of carbonyl (C=O) groups excluding carboxylic acids is 1. The Morgan fingerprint density at radius 1 is 1.07 bits per heavy atom. The van der Waals surface area contributed by atoms with E-state index in [2.05, 4.69) is 102 Å². The van der Waals surface area contributed by atoms with Gasteiger partial charge in [-0.15, -0.1) is 0 Å². The maximum atomic E-state index is 12.4. The summed E-state index contributed by atoms with van der Waals surface area (Å²) in [5.74, 6) is 0.688. The van der Waals surface area contributed by atoms with E-state index in [0.29, 0.717) is 23.1 Å². The summed E-state index contributed by atoms with van der Waals surface area (Å²) in [5, 5.41) is 7.37. The Hall–Kier alpha value is -4.67. The van der Waals surface area contributed by atoms with E-state index in [0.717, 1.165) is 52.0 Å². The van der Waals surface area contributed by atoms with Gasteiger partial charge < -0.3 is 29.7 Å². The van der Waals surface area contributed by atoms with Gasteiger partial charge in [0.15, 0.2) is 0 Å². The third-order valence-electron chi connectivity index (χ3n) is 7.43. The topological polar surface area (TPSA) is 87.5 Å². The predicted molar refractivity (Wildman–Crippen MR) is 183 cm³/mol. The zero-order valence-electron chi connectivity index (χ0n) is 25.3. The normalized spacial score (nSPS) is 11.0. The van der Waals surface area contributed by atoms with E-state index >= 15 is 0 Å². The molecule has 0 bridgehead atoms. The van der Waals surface area contributed by atoms with Gasteiger partial charge in [-0.2, -0.15) is 0 Å². The van der Waals surface area contributed by atoms with Gasteiger partial charge in [0.2, 0.25) is 11.9 Å². The molecule has 2 aromatic heterocycles. The van der Waals surface area contributed by atoms with Crippen molar-refractivity contribution in [3.63, 3.8) is 0 Å². The Morgan fingerprint density at radius 3 is 2.59 bits per heavy atom. The molecule has 1 amide bonds. The molecule has 0 aliphatic carbocycles. The fourth-order valence-corrected chi connectivity index (χ4v) is 5.36. The van der Waals surface area contributed by atoms with Crippen LogP contribution in [-0.4, -0.2) is 59.6 Å². The molecule has 5 rings (SSSR count). The molecule has 0 fully saturated rings. The standard InChI is InChI=1S/C34H36BrN7O2/c1-6-33(43)37-28-19-29(39-34-36-16-15-27(38-34)26-22-42(4)30-10-8-7-9-25(26)30)32(44-5)20-31(28)41(3)18-17-40(2)21-23-11-13-24(35)14-12-23/h6-16,19-20,22H,1,17-18,21H2,2-5H3,(H,37,43)(H,36,38,39). The highest BCUT2D eigenvalue weighted by molar-refractivity contribution is 9.10. The molecule has 0 atom stereocenters. The first kappa shape index (κ1) is 30.8. The number of methoxy groups -OCH3 is 1. The van der Waals surface area contributed by atoms with Crippen LogP contribution < -0.4 is 20.3 Å². The Labute approximate surface area is 266 Å². The molecule has 3 aromatic carbocycles. The molecule has 0 saturated heterocycles. The first-order valence-electron chi connectivity index (χ1n) is 14.2. The van der Waals surface area contributed by atoms with E-state index in [1.54, 1.807) is 13.3 Å². The van der Waals surface area contributed by atoms with Crippen LogP contribution in [0.5, 0.6) is 5.75 Å². The third kappa shape index (κ3) is 7.10. The van der Waals surface area contributed by atoms with Crippen molar-refractivity contribution >= 4 is 55.8 Å². The SMILES string of the molecule is C=CC(=O)Nc1cc(Nc2nccc(-c3cn(C)c4ccccc34)n2)c(OC)cc1N(C)CCN(C)Cc1ccc(Br)cc1. The van der Waals surface area contributed by atoms with Crippen LogP contribution in [0.15, 0.2) is 96.3 Å². The van der Waals surface area contributed by atoms with E-state index in [9.17, 15) is 4.79 Å². The maximum absolute atomic E-state index is 12.4. The van der Waals surface area contributed by atoms with Crippen LogP contribution in [0.4, 0.5) is 23.0 Å². The molecule has 0 radical (unpaired) electrons. The number of ether oxygens (including phenoxy) is 1. The summed E-state index contributed by atoms with van der Waals surface area (Å²) in [6.07, 6.45) is 5.05. The molecule has 0 aliphatic heterocycles. The van der Waals surface area contributed by atoms with Crippen LogP contribution >= 0.6 is 15.9 Å². The number of aryl methyl sites for hydroxylation is 1. The molecule has 10 heteroatoms. The Balaban J connectivity index is 1.39. The molecular weight excluding hydrogens is 618 g/mol. The van der Waals surface area contributed by atoms with Crippen molar-refractivity contribution in [1.29, 1.82) is 0 Å².